The Kier molecular flexibility index (Phi) is 7.87. The lowest BCUT2D eigenvalue weighted by Gasteiger charge is -2.30. The largest absolute Gasteiger partial charge is 0.381 e. The SMILES string of the molecule is Cc1cc(-n2c(N3CCC(c4ccccc4)C3)nc3c(c2=O)CCN(C(=O)c2cc4cc(C5CCOCC5)ccc4[nH]2)C3)cc(C)c1F. The topological polar surface area (TPSA) is 83.5 Å². The van der Waals surface area contributed by atoms with E-state index in [1.54, 1.807) is 35.4 Å². The first-order valence-electron chi connectivity index (χ1n) is 17.1. The number of anilines is 1. The van der Waals surface area contributed by atoms with Crippen molar-refractivity contribution in [3.05, 3.63) is 122 Å². The molecular formula is C39H40FN5O3. The van der Waals surface area contributed by atoms with Crippen LogP contribution in [0.15, 0.2) is 71.5 Å². The van der Waals surface area contributed by atoms with Gasteiger partial charge in [0.15, 0.2) is 0 Å². The summed E-state index contributed by atoms with van der Waals surface area (Å²) in [6.07, 6.45) is 3.35. The van der Waals surface area contributed by atoms with E-state index in [1.807, 2.05) is 12.1 Å². The molecule has 1 unspecified atom stereocenters. The molecular weight excluding hydrogens is 605 g/mol. The van der Waals surface area contributed by atoms with Crippen molar-refractivity contribution in [3.63, 3.8) is 0 Å². The van der Waals surface area contributed by atoms with Gasteiger partial charge in [-0.2, -0.15) is 0 Å². The number of aryl methyl sites for hydroxylation is 2. The van der Waals surface area contributed by atoms with Crippen molar-refractivity contribution in [2.24, 2.45) is 0 Å². The van der Waals surface area contributed by atoms with E-state index in [-0.39, 0.29) is 23.8 Å². The van der Waals surface area contributed by atoms with Gasteiger partial charge in [-0.3, -0.25) is 9.59 Å². The third kappa shape index (κ3) is 5.49. The predicted octanol–water partition coefficient (Wildman–Crippen LogP) is 6.56. The number of fused-ring (bicyclic) bond motifs is 2. The summed E-state index contributed by atoms with van der Waals surface area (Å²) in [5.41, 5.74) is 6.68. The van der Waals surface area contributed by atoms with Crippen LogP contribution in [0.4, 0.5) is 10.3 Å². The molecule has 0 bridgehead atoms. The molecule has 2 aromatic heterocycles. The molecule has 1 N–H and O–H groups in total. The number of H-pyrrole nitrogens is 1. The van der Waals surface area contributed by atoms with Crippen LogP contribution in [0.2, 0.25) is 0 Å². The van der Waals surface area contributed by atoms with Gasteiger partial charge < -0.3 is 19.5 Å². The number of aromatic amines is 1. The number of nitrogens with zero attached hydrogens (tertiary/aromatic N) is 4. The molecule has 9 heteroatoms. The average Bonchev–Trinajstić information content (AvgIpc) is 3.78. The third-order valence-electron chi connectivity index (χ3n) is 10.5. The minimum atomic E-state index is -0.268. The third-order valence-corrected chi connectivity index (χ3v) is 10.5. The van der Waals surface area contributed by atoms with Crippen LogP contribution in [0.25, 0.3) is 16.6 Å². The highest BCUT2D eigenvalue weighted by Crippen LogP contribution is 2.33. The zero-order valence-corrected chi connectivity index (χ0v) is 27.5. The molecule has 0 aliphatic carbocycles. The molecule has 0 radical (unpaired) electrons. The second kappa shape index (κ2) is 12.4. The number of amides is 1. The summed E-state index contributed by atoms with van der Waals surface area (Å²) in [4.78, 5) is 40.7. The zero-order chi connectivity index (χ0) is 32.9. The Morgan fingerprint density at radius 1 is 0.917 bits per heavy atom. The van der Waals surface area contributed by atoms with Gasteiger partial charge in [-0.05, 0) is 98.0 Å². The molecule has 8 nitrogen and oxygen atoms in total. The molecule has 2 fully saturated rings. The van der Waals surface area contributed by atoms with Gasteiger partial charge in [-0.15, -0.1) is 0 Å². The van der Waals surface area contributed by atoms with E-state index in [0.29, 0.717) is 71.1 Å². The Balaban J connectivity index is 1.13. The van der Waals surface area contributed by atoms with Crippen molar-refractivity contribution < 1.29 is 13.9 Å². The number of hydrogen-bond donors (Lipinski definition) is 1. The van der Waals surface area contributed by atoms with Gasteiger partial charge in [0.2, 0.25) is 5.95 Å². The summed E-state index contributed by atoms with van der Waals surface area (Å²) in [5, 5.41) is 1.02. The molecule has 48 heavy (non-hydrogen) atoms. The van der Waals surface area contributed by atoms with E-state index in [2.05, 4.69) is 52.3 Å². The van der Waals surface area contributed by atoms with Crippen LogP contribution >= 0.6 is 0 Å². The fraction of sp³-hybridized carbons (Fsp3) is 0.359. The van der Waals surface area contributed by atoms with E-state index in [0.717, 1.165) is 49.9 Å². The van der Waals surface area contributed by atoms with Gasteiger partial charge in [0.05, 0.1) is 17.9 Å². The van der Waals surface area contributed by atoms with Gasteiger partial charge in [-0.25, -0.2) is 13.9 Å². The van der Waals surface area contributed by atoms with E-state index >= 15 is 0 Å². The fourth-order valence-corrected chi connectivity index (χ4v) is 7.81. The van der Waals surface area contributed by atoms with Crippen LogP contribution in [-0.2, 0) is 17.7 Å². The molecule has 0 saturated carbocycles. The number of carbonyl (C=O) groups is 1. The van der Waals surface area contributed by atoms with Crippen LogP contribution in [0.5, 0.6) is 0 Å². The molecule has 3 aromatic carbocycles. The van der Waals surface area contributed by atoms with Gasteiger partial charge in [0, 0.05) is 55.2 Å². The van der Waals surface area contributed by atoms with Crippen molar-refractivity contribution in [1.82, 2.24) is 19.4 Å². The number of carbonyl (C=O) groups excluding carboxylic acids is 1. The Morgan fingerprint density at radius 2 is 1.69 bits per heavy atom. The molecule has 1 atom stereocenters. The summed E-state index contributed by atoms with van der Waals surface area (Å²) in [6, 6.07) is 22.2. The monoisotopic (exact) mass is 645 g/mol. The second-order valence-electron chi connectivity index (χ2n) is 13.6. The van der Waals surface area contributed by atoms with Crippen molar-refractivity contribution in [3.8, 4) is 5.69 Å². The lowest BCUT2D eigenvalue weighted by Crippen LogP contribution is -2.42. The molecule has 5 heterocycles. The number of nitrogens with one attached hydrogen (secondary N) is 1. The number of ether oxygens (including phenoxy) is 1. The summed E-state index contributed by atoms with van der Waals surface area (Å²) >= 11 is 0. The first-order valence-corrected chi connectivity index (χ1v) is 17.1. The summed E-state index contributed by atoms with van der Waals surface area (Å²) in [7, 11) is 0. The number of benzene rings is 3. The zero-order valence-electron chi connectivity index (χ0n) is 27.5. The van der Waals surface area contributed by atoms with Crippen LogP contribution in [-0.4, -0.2) is 58.2 Å². The molecule has 246 valence electrons. The summed E-state index contributed by atoms with van der Waals surface area (Å²) in [6.45, 7) is 7.12. The highest BCUT2D eigenvalue weighted by atomic mass is 19.1. The molecule has 5 aromatic rings. The van der Waals surface area contributed by atoms with Crippen LogP contribution in [0, 0.1) is 19.7 Å². The van der Waals surface area contributed by atoms with Crippen molar-refractivity contribution in [2.45, 2.75) is 57.9 Å². The Morgan fingerprint density at radius 3 is 2.46 bits per heavy atom. The minimum absolute atomic E-state index is 0.105. The van der Waals surface area contributed by atoms with E-state index < -0.39 is 0 Å². The maximum atomic E-state index is 14.7. The normalized spacial score (nSPS) is 18.4. The maximum Gasteiger partial charge on any atom is 0.270 e. The standard InChI is InChI=1S/C39H40FN5O3/c1-24-18-31(19-25(2)36(24)40)45-37(46)32-11-15-43(23-35(32)42-39(45)44-14-10-29(22-44)26-6-4-3-5-7-26)38(47)34-21-30-20-28(8-9-33(30)41-34)27-12-16-48-17-13-27/h3-9,18-21,27,29,41H,10-17,22-23H2,1-2H3. The molecule has 3 aliphatic heterocycles. The Labute approximate surface area is 279 Å². The highest BCUT2D eigenvalue weighted by molar-refractivity contribution is 5.98. The second-order valence-corrected chi connectivity index (χ2v) is 13.6. The highest BCUT2D eigenvalue weighted by Gasteiger charge is 2.32. The number of rotatable bonds is 5. The molecule has 3 aliphatic rings. The minimum Gasteiger partial charge on any atom is -0.381 e. The molecule has 2 saturated heterocycles. The number of halogens is 1. The van der Waals surface area contributed by atoms with Crippen LogP contribution in [0.3, 0.4) is 0 Å². The van der Waals surface area contributed by atoms with Crippen molar-refractivity contribution >= 4 is 22.8 Å². The molecule has 1 amide bonds. The lowest BCUT2D eigenvalue weighted by molar-refractivity contribution is 0.0726. The summed E-state index contributed by atoms with van der Waals surface area (Å²) in [5.74, 6) is 0.948. The first-order chi connectivity index (χ1) is 23.3. The van der Waals surface area contributed by atoms with Crippen LogP contribution < -0.4 is 10.5 Å². The van der Waals surface area contributed by atoms with E-state index in [4.69, 9.17) is 9.72 Å². The van der Waals surface area contributed by atoms with Gasteiger partial charge in [-0.1, -0.05) is 36.4 Å². The first kappa shape index (κ1) is 30.6. The predicted molar refractivity (Wildman–Crippen MR) is 185 cm³/mol. The lowest BCUT2D eigenvalue weighted by atomic mass is 9.91. The van der Waals surface area contributed by atoms with Gasteiger partial charge in [0.1, 0.15) is 11.5 Å². The number of hydrogen-bond acceptors (Lipinski definition) is 5. The van der Waals surface area contributed by atoms with Gasteiger partial charge >= 0.3 is 0 Å². The molecule has 0 spiro atoms. The maximum absolute atomic E-state index is 14.7. The van der Waals surface area contributed by atoms with E-state index in [9.17, 15) is 14.0 Å². The Bertz CT molecular complexity index is 2060. The quantitative estimate of drug-likeness (QED) is 0.234. The average molecular weight is 646 g/mol. The van der Waals surface area contributed by atoms with Crippen molar-refractivity contribution in [2.75, 3.05) is 37.7 Å². The smallest absolute Gasteiger partial charge is 0.270 e. The van der Waals surface area contributed by atoms with Crippen molar-refractivity contribution in [1.29, 1.82) is 0 Å². The molecule has 8 rings (SSSR count). The fourth-order valence-electron chi connectivity index (χ4n) is 7.81. The van der Waals surface area contributed by atoms with Crippen LogP contribution in [0.1, 0.15) is 75.1 Å². The van der Waals surface area contributed by atoms with E-state index in [1.165, 1.54) is 11.1 Å². The summed E-state index contributed by atoms with van der Waals surface area (Å²) < 4.78 is 21.9. The number of aromatic nitrogens is 3. The van der Waals surface area contributed by atoms with Gasteiger partial charge in [0.25, 0.3) is 11.5 Å². The Hall–Kier alpha value is -4.76.